The number of likely N-dealkylation sites (tertiary alicyclic amines) is 2. The Kier molecular flexibility index (Phi) is 5.15. The quantitative estimate of drug-likeness (QED) is 0.824. The Hall–Kier alpha value is -2.35. The van der Waals surface area contributed by atoms with E-state index in [2.05, 4.69) is 15.2 Å². The van der Waals surface area contributed by atoms with Crippen molar-refractivity contribution in [1.82, 2.24) is 24.8 Å². The molecule has 0 bridgehead atoms. The minimum absolute atomic E-state index is 0.0480. The molecule has 2 aromatic rings. The Bertz CT molecular complexity index is 818. The Morgan fingerprint density at radius 2 is 1.93 bits per heavy atom. The molecule has 8 heteroatoms. The number of hydrogen-bond acceptors (Lipinski definition) is 4. The average molecular weight is 375 g/mol. The van der Waals surface area contributed by atoms with Gasteiger partial charge in [-0.2, -0.15) is 0 Å². The Morgan fingerprint density at radius 3 is 2.70 bits per heavy atom. The van der Waals surface area contributed by atoms with Crippen molar-refractivity contribution in [3.8, 4) is 0 Å². The second kappa shape index (κ2) is 7.72. The van der Waals surface area contributed by atoms with Gasteiger partial charge in [0.2, 0.25) is 0 Å². The van der Waals surface area contributed by atoms with E-state index in [9.17, 15) is 13.6 Å². The van der Waals surface area contributed by atoms with E-state index in [0.29, 0.717) is 12.2 Å². The van der Waals surface area contributed by atoms with Gasteiger partial charge in [-0.1, -0.05) is 11.3 Å². The summed E-state index contributed by atoms with van der Waals surface area (Å²) in [5.41, 5.74) is 1.15. The maximum absolute atomic E-state index is 13.4. The fourth-order valence-electron chi connectivity index (χ4n) is 3.92. The zero-order valence-corrected chi connectivity index (χ0v) is 15.2. The third-order valence-corrected chi connectivity index (χ3v) is 5.37. The molecule has 0 spiro atoms. The molecule has 4 rings (SSSR count). The fraction of sp³-hybridized carbons (Fsp3) is 0.526. The van der Waals surface area contributed by atoms with Crippen LogP contribution >= 0.6 is 0 Å². The van der Waals surface area contributed by atoms with Crippen molar-refractivity contribution in [2.24, 2.45) is 0 Å². The summed E-state index contributed by atoms with van der Waals surface area (Å²) >= 11 is 0. The smallest absolute Gasteiger partial charge is 0.276 e. The summed E-state index contributed by atoms with van der Waals surface area (Å²) < 4.78 is 28.3. The summed E-state index contributed by atoms with van der Waals surface area (Å²) in [6.45, 7) is 3.76. The highest BCUT2D eigenvalue weighted by Gasteiger charge is 2.26. The second-order valence-electron chi connectivity index (χ2n) is 7.36. The van der Waals surface area contributed by atoms with Gasteiger partial charge in [-0.25, -0.2) is 13.5 Å². The van der Waals surface area contributed by atoms with Gasteiger partial charge >= 0.3 is 0 Å². The van der Waals surface area contributed by atoms with Crippen molar-refractivity contribution < 1.29 is 13.6 Å². The van der Waals surface area contributed by atoms with E-state index in [1.54, 1.807) is 16.9 Å². The minimum Gasteiger partial charge on any atom is -0.337 e. The first-order valence-electron chi connectivity index (χ1n) is 9.47. The zero-order valence-electron chi connectivity index (χ0n) is 15.2. The van der Waals surface area contributed by atoms with E-state index in [1.807, 2.05) is 4.90 Å². The van der Waals surface area contributed by atoms with Crippen LogP contribution in [-0.2, 0) is 6.54 Å². The van der Waals surface area contributed by atoms with Crippen molar-refractivity contribution in [3.05, 3.63) is 47.3 Å². The third-order valence-electron chi connectivity index (χ3n) is 5.37. The van der Waals surface area contributed by atoms with Crippen molar-refractivity contribution in [2.45, 2.75) is 38.3 Å². The first kappa shape index (κ1) is 18.0. The van der Waals surface area contributed by atoms with Crippen molar-refractivity contribution >= 4 is 5.91 Å². The van der Waals surface area contributed by atoms with Gasteiger partial charge in [0.25, 0.3) is 5.91 Å². The van der Waals surface area contributed by atoms with Crippen LogP contribution in [-0.4, -0.2) is 56.9 Å². The molecule has 2 aliphatic heterocycles. The van der Waals surface area contributed by atoms with Gasteiger partial charge in [0, 0.05) is 26.2 Å². The van der Waals surface area contributed by atoms with Gasteiger partial charge < -0.3 is 4.90 Å². The largest absolute Gasteiger partial charge is 0.337 e. The average Bonchev–Trinajstić information content (AvgIpc) is 3.36. The molecule has 1 amide bonds. The lowest BCUT2D eigenvalue weighted by atomic mass is 10.0. The molecule has 2 fully saturated rings. The number of rotatable bonds is 4. The van der Waals surface area contributed by atoms with E-state index in [0.717, 1.165) is 57.4 Å². The number of amides is 1. The fourth-order valence-corrected chi connectivity index (χ4v) is 3.92. The number of hydrogen-bond donors (Lipinski definition) is 0. The Labute approximate surface area is 156 Å². The first-order chi connectivity index (χ1) is 13.1. The predicted octanol–water partition coefficient (Wildman–Crippen LogP) is 2.63. The lowest BCUT2D eigenvalue weighted by Crippen LogP contribution is -2.36. The number of carbonyl (C=O) groups is 1. The molecule has 1 aromatic carbocycles. The monoisotopic (exact) mass is 375 g/mol. The lowest BCUT2D eigenvalue weighted by Gasteiger charge is -2.32. The van der Waals surface area contributed by atoms with E-state index in [4.69, 9.17) is 0 Å². The number of piperidine rings is 1. The van der Waals surface area contributed by atoms with Crippen LogP contribution in [0.3, 0.4) is 0 Å². The summed E-state index contributed by atoms with van der Waals surface area (Å²) in [5, 5.41) is 8.26. The summed E-state index contributed by atoms with van der Waals surface area (Å²) in [4.78, 5) is 16.5. The molecule has 0 aliphatic carbocycles. The summed E-state index contributed by atoms with van der Waals surface area (Å²) in [5.74, 6) is -1.69. The molecule has 0 N–H and O–H groups in total. The number of carbonyl (C=O) groups excluding carboxylic acids is 1. The third kappa shape index (κ3) is 4.00. The molecule has 144 valence electrons. The van der Waals surface area contributed by atoms with Crippen LogP contribution in [0.1, 0.15) is 47.8 Å². The van der Waals surface area contributed by atoms with E-state index in [1.165, 1.54) is 12.1 Å². The highest BCUT2D eigenvalue weighted by molar-refractivity contribution is 5.92. The standard InChI is InChI=1S/C19H23F2N5O/c20-16-6-5-14(10-17(16)21)11-24-7-3-4-15(12-24)26-13-18(22-23-26)19(27)25-8-1-2-9-25/h5-6,10,13,15H,1-4,7-9,11-12H2/t15-/m0/s1. The zero-order chi connectivity index (χ0) is 18.8. The summed E-state index contributed by atoms with van der Waals surface area (Å²) in [6, 6.07) is 4.15. The lowest BCUT2D eigenvalue weighted by molar-refractivity contribution is 0.0787. The van der Waals surface area contributed by atoms with Crippen LogP contribution in [0.15, 0.2) is 24.4 Å². The molecule has 0 unspecified atom stereocenters. The molecule has 27 heavy (non-hydrogen) atoms. The number of halogens is 2. The van der Waals surface area contributed by atoms with E-state index >= 15 is 0 Å². The Morgan fingerprint density at radius 1 is 1.11 bits per heavy atom. The highest BCUT2D eigenvalue weighted by Crippen LogP contribution is 2.23. The molecule has 1 aromatic heterocycles. The van der Waals surface area contributed by atoms with Crippen molar-refractivity contribution in [1.29, 1.82) is 0 Å². The van der Waals surface area contributed by atoms with Crippen LogP contribution in [0.25, 0.3) is 0 Å². The van der Waals surface area contributed by atoms with Crippen LogP contribution in [0.2, 0.25) is 0 Å². The molecular weight excluding hydrogens is 352 g/mol. The van der Waals surface area contributed by atoms with E-state index < -0.39 is 11.6 Å². The molecule has 0 saturated carbocycles. The summed E-state index contributed by atoms with van der Waals surface area (Å²) in [6.07, 6.45) is 5.76. The van der Waals surface area contributed by atoms with Crippen LogP contribution in [0.4, 0.5) is 8.78 Å². The van der Waals surface area contributed by atoms with Gasteiger partial charge in [0.1, 0.15) is 0 Å². The van der Waals surface area contributed by atoms with Crippen LogP contribution < -0.4 is 0 Å². The van der Waals surface area contributed by atoms with Crippen LogP contribution in [0, 0.1) is 11.6 Å². The summed E-state index contributed by atoms with van der Waals surface area (Å²) in [7, 11) is 0. The molecule has 3 heterocycles. The number of nitrogens with zero attached hydrogens (tertiary/aromatic N) is 5. The molecule has 6 nitrogen and oxygen atoms in total. The number of benzene rings is 1. The molecule has 1 atom stereocenters. The maximum Gasteiger partial charge on any atom is 0.276 e. The van der Waals surface area contributed by atoms with E-state index in [-0.39, 0.29) is 11.9 Å². The minimum atomic E-state index is -0.826. The predicted molar refractivity (Wildman–Crippen MR) is 95.1 cm³/mol. The van der Waals surface area contributed by atoms with Gasteiger partial charge in [0.05, 0.1) is 12.2 Å². The van der Waals surface area contributed by atoms with Gasteiger partial charge in [-0.3, -0.25) is 9.69 Å². The van der Waals surface area contributed by atoms with Crippen LogP contribution in [0.5, 0.6) is 0 Å². The van der Waals surface area contributed by atoms with Crippen molar-refractivity contribution in [2.75, 3.05) is 26.2 Å². The first-order valence-corrected chi connectivity index (χ1v) is 9.47. The second-order valence-corrected chi connectivity index (χ2v) is 7.36. The normalized spacial score (nSPS) is 21.0. The van der Waals surface area contributed by atoms with Gasteiger partial charge in [-0.15, -0.1) is 5.10 Å². The SMILES string of the molecule is O=C(c1cn([C@H]2CCCN(Cc3ccc(F)c(F)c3)C2)nn1)N1CCCC1. The van der Waals surface area contributed by atoms with Crippen molar-refractivity contribution in [3.63, 3.8) is 0 Å². The topological polar surface area (TPSA) is 54.3 Å². The molecule has 2 saturated heterocycles. The Balaban J connectivity index is 1.40. The number of aromatic nitrogens is 3. The highest BCUT2D eigenvalue weighted by atomic mass is 19.2. The van der Waals surface area contributed by atoms with Gasteiger partial charge in [-0.05, 0) is 49.9 Å². The molecular formula is C19H23F2N5O. The molecule has 0 radical (unpaired) electrons. The molecule has 2 aliphatic rings. The maximum atomic E-state index is 13.4. The van der Waals surface area contributed by atoms with Gasteiger partial charge in [0.15, 0.2) is 17.3 Å².